The Labute approximate surface area is 211 Å². The van der Waals surface area contributed by atoms with E-state index in [1.54, 1.807) is 12.1 Å². The molecule has 8 heteroatoms. The summed E-state index contributed by atoms with van der Waals surface area (Å²) in [6.45, 7) is 2.16. The fourth-order valence-electron chi connectivity index (χ4n) is 4.15. The topological polar surface area (TPSA) is 79.8 Å². The Balaban J connectivity index is 1.46. The van der Waals surface area contributed by atoms with E-state index in [4.69, 9.17) is 4.98 Å². The number of unbranched alkanes of at least 4 members (excludes halogenated alkanes) is 1. The summed E-state index contributed by atoms with van der Waals surface area (Å²) < 4.78 is 16.0. The van der Waals surface area contributed by atoms with Crippen LogP contribution < -0.4 is 10.9 Å². The number of aromatic nitrogens is 3. The molecule has 0 atom stereocenters. The van der Waals surface area contributed by atoms with E-state index in [1.807, 2.05) is 48.5 Å². The number of thioether (sulfide) groups is 1. The number of nitrogens with zero attached hydrogens (tertiary/aromatic N) is 2. The highest BCUT2D eigenvalue weighted by atomic mass is 32.2. The van der Waals surface area contributed by atoms with E-state index in [0.717, 1.165) is 41.9 Å². The van der Waals surface area contributed by atoms with Crippen molar-refractivity contribution in [1.82, 2.24) is 14.5 Å². The third-order valence-electron chi connectivity index (χ3n) is 5.98. The normalized spacial score (nSPS) is 11.3. The summed E-state index contributed by atoms with van der Waals surface area (Å²) in [5.74, 6) is -0.784. The van der Waals surface area contributed by atoms with Gasteiger partial charge in [-0.25, -0.2) is 9.37 Å². The highest BCUT2D eigenvalue weighted by Gasteiger charge is 2.19. The van der Waals surface area contributed by atoms with Crippen molar-refractivity contribution in [3.8, 4) is 5.69 Å². The van der Waals surface area contributed by atoms with Gasteiger partial charge in [-0.05, 0) is 48.7 Å². The lowest BCUT2D eigenvalue weighted by Gasteiger charge is -2.13. The van der Waals surface area contributed by atoms with Gasteiger partial charge in [0.2, 0.25) is 5.91 Å². The maximum Gasteiger partial charge on any atom is 0.283 e. The molecule has 0 radical (unpaired) electrons. The number of para-hydroxylation sites is 2. The first-order chi connectivity index (χ1) is 17.5. The van der Waals surface area contributed by atoms with Gasteiger partial charge < -0.3 is 10.3 Å². The van der Waals surface area contributed by atoms with Crippen molar-refractivity contribution in [3.63, 3.8) is 0 Å². The fraction of sp³-hybridized carbons (Fsp3) is 0.179. The second kappa shape index (κ2) is 10.4. The van der Waals surface area contributed by atoms with E-state index in [2.05, 4.69) is 17.2 Å². The number of benzene rings is 3. The largest absolute Gasteiger partial charge is 0.349 e. The van der Waals surface area contributed by atoms with Gasteiger partial charge in [0.15, 0.2) is 5.16 Å². The van der Waals surface area contributed by atoms with Gasteiger partial charge in [0.05, 0.1) is 11.4 Å². The quantitative estimate of drug-likeness (QED) is 0.200. The molecule has 0 aliphatic rings. The Kier molecular flexibility index (Phi) is 6.86. The minimum absolute atomic E-state index is 0.00629. The highest BCUT2D eigenvalue weighted by Crippen LogP contribution is 2.27. The number of H-pyrrole nitrogens is 1. The lowest BCUT2D eigenvalue weighted by Crippen LogP contribution is -2.23. The van der Waals surface area contributed by atoms with Crippen LogP contribution in [0.25, 0.3) is 27.6 Å². The molecule has 2 aromatic heterocycles. The van der Waals surface area contributed by atoms with E-state index < -0.39 is 11.4 Å². The Morgan fingerprint density at radius 2 is 1.81 bits per heavy atom. The molecule has 0 unspecified atom stereocenters. The maximum absolute atomic E-state index is 14.8. The van der Waals surface area contributed by atoms with Gasteiger partial charge in [0, 0.05) is 16.6 Å². The smallest absolute Gasteiger partial charge is 0.283 e. The molecule has 5 rings (SSSR count). The number of carbonyl (C=O) groups is 1. The van der Waals surface area contributed by atoms with Crippen LogP contribution in [-0.4, -0.2) is 26.2 Å². The van der Waals surface area contributed by atoms with Crippen LogP contribution >= 0.6 is 11.8 Å². The van der Waals surface area contributed by atoms with Gasteiger partial charge in [-0.15, -0.1) is 0 Å². The van der Waals surface area contributed by atoms with Crippen LogP contribution in [0.3, 0.4) is 0 Å². The van der Waals surface area contributed by atoms with E-state index in [1.165, 1.54) is 22.3 Å². The second-order valence-corrected chi connectivity index (χ2v) is 9.46. The van der Waals surface area contributed by atoms with E-state index in [-0.39, 0.29) is 28.0 Å². The number of fused-ring (bicyclic) bond motifs is 3. The summed E-state index contributed by atoms with van der Waals surface area (Å²) in [5, 5.41) is 3.92. The number of nitrogens with one attached hydrogen (secondary N) is 2. The SMILES string of the molecule is CCCCc1ccc(NC(=O)CSc2nc3c([nH]c4ccccc43)c(=O)n2-c2ccccc2F)cc1. The molecule has 0 saturated heterocycles. The first-order valence-electron chi connectivity index (χ1n) is 11.8. The van der Waals surface area contributed by atoms with Gasteiger partial charge in [-0.1, -0.05) is 67.6 Å². The summed E-state index contributed by atoms with van der Waals surface area (Å²) in [6, 6.07) is 21.3. The van der Waals surface area contributed by atoms with Gasteiger partial charge >= 0.3 is 0 Å². The van der Waals surface area contributed by atoms with Crippen molar-refractivity contribution in [2.24, 2.45) is 0 Å². The number of carbonyl (C=O) groups excluding carboxylic acids is 1. The van der Waals surface area contributed by atoms with Crippen molar-refractivity contribution in [1.29, 1.82) is 0 Å². The molecule has 2 N–H and O–H groups in total. The third kappa shape index (κ3) is 4.77. The number of hydrogen-bond acceptors (Lipinski definition) is 4. The first kappa shape index (κ1) is 23.8. The molecule has 36 heavy (non-hydrogen) atoms. The van der Waals surface area contributed by atoms with Crippen LogP contribution in [-0.2, 0) is 11.2 Å². The molecule has 1 amide bonds. The molecular formula is C28H25FN4O2S. The second-order valence-electron chi connectivity index (χ2n) is 8.52. The molecule has 0 spiro atoms. The lowest BCUT2D eigenvalue weighted by molar-refractivity contribution is -0.113. The Hall–Kier alpha value is -3.91. The predicted molar refractivity (Wildman–Crippen MR) is 144 cm³/mol. The van der Waals surface area contributed by atoms with Gasteiger partial charge in [-0.3, -0.25) is 14.2 Å². The number of hydrogen-bond donors (Lipinski definition) is 2. The molecule has 3 aromatic carbocycles. The number of amides is 1. The Morgan fingerprint density at radius 3 is 2.58 bits per heavy atom. The molecule has 5 aromatic rings. The van der Waals surface area contributed by atoms with Gasteiger partial charge in [0.25, 0.3) is 5.56 Å². The monoisotopic (exact) mass is 500 g/mol. The standard InChI is InChI=1S/C28H25FN4O2S/c1-2-3-8-18-13-15-19(16-14-18)30-24(34)17-36-28-32-25-20-9-4-6-11-22(20)31-26(25)27(35)33(28)23-12-7-5-10-21(23)29/h4-7,9-16,31H,2-3,8,17H2,1H3,(H,30,34). The van der Waals surface area contributed by atoms with Crippen molar-refractivity contribution in [2.75, 3.05) is 11.1 Å². The summed E-state index contributed by atoms with van der Waals surface area (Å²) in [4.78, 5) is 34.1. The van der Waals surface area contributed by atoms with E-state index in [0.29, 0.717) is 11.2 Å². The minimum Gasteiger partial charge on any atom is -0.349 e. The highest BCUT2D eigenvalue weighted by molar-refractivity contribution is 7.99. The van der Waals surface area contributed by atoms with Crippen molar-refractivity contribution >= 4 is 45.3 Å². The van der Waals surface area contributed by atoms with Crippen molar-refractivity contribution in [2.45, 2.75) is 31.3 Å². The number of anilines is 1. The maximum atomic E-state index is 14.8. The zero-order valence-electron chi connectivity index (χ0n) is 19.8. The summed E-state index contributed by atoms with van der Waals surface area (Å²) in [5.41, 5.74) is 3.14. The average Bonchev–Trinajstić information content (AvgIpc) is 3.27. The molecule has 182 valence electrons. The first-order valence-corrected chi connectivity index (χ1v) is 12.8. The predicted octanol–water partition coefficient (Wildman–Crippen LogP) is 6.08. The molecule has 6 nitrogen and oxygen atoms in total. The third-order valence-corrected chi connectivity index (χ3v) is 6.92. The van der Waals surface area contributed by atoms with Crippen molar-refractivity contribution < 1.29 is 9.18 Å². The minimum atomic E-state index is -0.550. The van der Waals surface area contributed by atoms with Crippen LogP contribution in [0.4, 0.5) is 10.1 Å². The van der Waals surface area contributed by atoms with Gasteiger partial charge in [-0.2, -0.15) is 0 Å². The zero-order chi connectivity index (χ0) is 25.1. The number of halogens is 1. The van der Waals surface area contributed by atoms with E-state index in [9.17, 15) is 14.0 Å². The van der Waals surface area contributed by atoms with Crippen LogP contribution in [0, 0.1) is 5.82 Å². The van der Waals surface area contributed by atoms with Gasteiger partial charge in [0.1, 0.15) is 16.9 Å². The number of aromatic amines is 1. The molecular weight excluding hydrogens is 475 g/mol. The van der Waals surface area contributed by atoms with E-state index >= 15 is 0 Å². The fourth-order valence-corrected chi connectivity index (χ4v) is 4.95. The Bertz CT molecular complexity index is 1610. The molecule has 0 saturated carbocycles. The lowest BCUT2D eigenvalue weighted by atomic mass is 10.1. The zero-order valence-corrected chi connectivity index (χ0v) is 20.6. The van der Waals surface area contributed by atoms with Crippen LogP contribution in [0.2, 0.25) is 0 Å². The van der Waals surface area contributed by atoms with Crippen LogP contribution in [0.1, 0.15) is 25.3 Å². The summed E-state index contributed by atoms with van der Waals surface area (Å²) in [6.07, 6.45) is 3.27. The molecule has 0 aliphatic heterocycles. The van der Waals surface area contributed by atoms with Crippen LogP contribution in [0.15, 0.2) is 82.7 Å². The van der Waals surface area contributed by atoms with Crippen molar-refractivity contribution in [3.05, 3.63) is 94.5 Å². The number of rotatable bonds is 8. The average molecular weight is 501 g/mol. The number of aryl methyl sites for hydroxylation is 1. The molecule has 0 bridgehead atoms. The summed E-state index contributed by atoms with van der Waals surface area (Å²) >= 11 is 1.09. The van der Waals surface area contributed by atoms with Crippen LogP contribution in [0.5, 0.6) is 0 Å². The molecule has 0 fully saturated rings. The molecule has 2 heterocycles. The molecule has 0 aliphatic carbocycles. The Morgan fingerprint density at radius 1 is 1.06 bits per heavy atom. The summed E-state index contributed by atoms with van der Waals surface area (Å²) in [7, 11) is 0.